The van der Waals surface area contributed by atoms with Crippen LogP contribution in [0.25, 0.3) is 0 Å². The van der Waals surface area contributed by atoms with Gasteiger partial charge in [-0.1, -0.05) is 12.1 Å². The van der Waals surface area contributed by atoms with Gasteiger partial charge in [0.05, 0.1) is 11.7 Å². The van der Waals surface area contributed by atoms with Crippen molar-refractivity contribution in [3.63, 3.8) is 0 Å². The van der Waals surface area contributed by atoms with Gasteiger partial charge in [0.25, 0.3) is 5.78 Å². The fraction of sp³-hybridized carbons (Fsp3) is 0.273. The van der Waals surface area contributed by atoms with Crippen LogP contribution in [0.1, 0.15) is 24.2 Å². The number of carbonyl (C=O) groups is 2. The van der Waals surface area contributed by atoms with Crippen molar-refractivity contribution in [3.05, 3.63) is 29.8 Å². The average Bonchev–Trinajstić information content (AvgIpc) is 2.16. The molecule has 0 unspecified atom stereocenters. The summed E-state index contributed by atoms with van der Waals surface area (Å²) in [6.45, 7) is 3.62. The smallest absolute Gasteiger partial charge is 0.377 e. The van der Waals surface area contributed by atoms with Gasteiger partial charge in [-0.25, -0.2) is 4.79 Å². The molecule has 0 fully saturated rings. The molecule has 0 heterocycles. The Morgan fingerprint density at radius 1 is 1.27 bits per heavy atom. The van der Waals surface area contributed by atoms with Crippen LogP contribution in [-0.4, -0.2) is 23.0 Å². The van der Waals surface area contributed by atoms with Crippen LogP contribution in [0.2, 0.25) is 0 Å². The minimum atomic E-state index is -1.48. The zero-order valence-corrected chi connectivity index (χ0v) is 8.56. The molecule has 0 aromatic heterocycles. The summed E-state index contributed by atoms with van der Waals surface area (Å²) in [7, 11) is 0. The number of ketones is 1. The maximum atomic E-state index is 11.3. The molecule has 1 aromatic carbocycles. The van der Waals surface area contributed by atoms with E-state index in [1.165, 1.54) is 6.07 Å². The van der Waals surface area contributed by atoms with Crippen molar-refractivity contribution in [2.75, 3.05) is 0 Å². The monoisotopic (exact) mass is 208 g/mol. The molecule has 15 heavy (non-hydrogen) atoms. The lowest BCUT2D eigenvalue weighted by molar-refractivity contribution is -0.131. The summed E-state index contributed by atoms with van der Waals surface area (Å²) in [5.74, 6) is -2.12. The predicted molar refractivity (Wildman–Crippen MR) is 54.2 cm³/mol. The van der Waals surface area contributed by atoms with E-state index < -0.39 is 11.8 Å². The molecule has 0 spiro atoms. The summed E-state index contributed by atoms with van der Waals surface area (Å²) in [4.78, 5) is 21.8. The quantitative estimate of drug-likeness (QED) is 0.604. The third-order valence-electron chi connectivity index (χ3n) is 1.69. The highest BCUT2D eigenvalue weighted by molar-refractivity contribution is 6.40. The standard InChI is InChI=1S/C11H12O4/c1-7(2)15-9-6-4-3-5-8(9)10(12)11(13)14/h3-7H,1-2H3,(H,13,14). The van der Waals surface area contributed by atoms with Gasteiger partial charge in [0.1, 0.15) is 5.75 Å². The lowest BCUT2D eigenvalue weighted by Crippen LogP contribution is -2.16. The lowest BCUT2D eigenvalue weighted by atomic mass is 10.1. The number of para-hydroxylation sites is 1. The highest BCUT2D eigenvalue weighted by atomic mass is 16.5. The van der Waals surface area contributed by atoms with Crippen molar-refractivity contribution in [3.8, 4) is 5.75 Å². The van der Waals surface area contributed by atoms with Crippen molar-refractivity contribution < 1.29 is 19.4 Å². The number of Topliss-reactive ketones (excluding diaryl/α,β-unsaturated/α-hetero) is 1. The van der Waals surface area contributed by atoms with Crippen LogP contribution < -0.4 is 4.74 Å². The second-order valence-corrected chi connectivity index (χ2v) is 3.30. The number of aliphatic carboxylic acids is 1. The highest BCUT2D eigenvalue weighted by Crippen LogP contribution is 2.19. The van der Waals surface area contributed by atoms with Gasteiger partial charge in [0.15, 0.2) is 0 Å². The second kappa shape index (κ2) is 4.59. The van der Waals surface area contributed by atoms with Crippen LogP contribution in [0, 0.1) is 0 Å². The van der Waals surface area contributed by atoms with Gasteiger partial charge in [-0.3, -0.25) is 4.79 Å². The Labute approximate surface area is 87.5 Å². The first-order valence-electron chi connectivity index (χ1n) is 4.55. The zero-order chi connectivity index (χ0) is 11.4. The van der Waals surface area contributed by atoms with Crippen molar-refractivity contribution in [2.45, 2.75) is 20.0 Å². The molecule has 0 saturated heterocycles. The van der Waals surface area contributed by atoms with E-state index in [0.29, 0.717) is 5.75 Å². The van der Waals surface area contributed by atoms with E-state index in [0.717, 1.165) is 0 Å². The predicted octanol–water partition coefficient (Wildman–Crippen LogP) is 1.74. The van der Waals surface area contributed by atoms with Gasteiger partial charge < -0.3 is 9.84 Å². The van der Waals surface area contributed by atoms with Gasteiger partial charge in [-0.2, -0.15) is 0 Å². The summed E-state index contributed by atoms with van der Waals surface area (Å²) in [5, 5.41) is 8.59. The first kappa shape index (κ1) is 11.2. The normalized spacial score (nSPS) is 10.1. The molecule has 0 radical (unpaired) electrons. The fourth-order valence-electron chi connectivity index (χ4n) is 1.13. The topological polar surface area (TPSA) is 63.6 Å². The highest BCUT2D eigenvalue weighted by Gasteiger charge is 2.19. The molecular weight excluding hydrogens is 196 g/mol. The Morgan fingerprint density at radius 2 is 1.87 bits per heavy atom. The van der Waals surface area contributed by atoms with Crippen LogP contribution in [0.5, 0.6) is 5.75 Å². The number of carboxylic acids is 1. The molecular formula is C11H12O4. The van der Waals surface area contributed by atoms with Crippen molar-refractivity contribution >= 4 is 11.8 Å². The molecule has 0 atom stereocenters. The van der Waals surface area contributed by atoms with E-state index in [4.69, 9.17) is 9.84 Å². The fourth-order valence-corrected chi connectivity index (χ4v) is 1.13. The first-order chi connectivity index (χ1) is 7.02. The minimum absolute atomic E-state index is 0.0821. The van der Waals surface area contributed by atoms with E-state index in [1.54, 1.807) is 18.2 Å². The summed E-state index contributed by atoms with van der Waals surface area (Å²) in [6.07, 6.45) is -0.104. The molecule has 80 valence electrons. The number of hydrogen-bond donors (Lipinski definition) is 1. The van der Waals surface area contributed by atoms with Gasteiger partial charge in [0, 0.05) is 0 Å². The van der Waals surface area contributed by atoms with Gasteiger partial charge in [0.2, 0.25) is 0 Å². The maximum Gasteiger partial charge on any atom is 0.377 e. The van der Waals surface area contributed by atoms with Crippen molar-refractivity contribution in [1.29, 1.82) is 0 Å². The minimum Gasteiger partial charge on any atom is -0.490 e. The third kappa shape index (κ3) is 2.80. The van der Waals surface area contributed by atoms with E-state index in [1.807, 2.05) is 13.8 Å². The van der Waals surface area contributed by atoms with Crippen LogP contribution in [0.3, 0.4) is 0 Å². The zero-order valence-electron chi connectivity index (χ0n) is 8.56. The average molecular weight is 208 g/mol. The molecule has 4 heteroatoms. The Hall–Kier alpha value is -1.84. The summed E-state index contributed by atoms with van der Waals surface area (Å²) in [6, 6.07) is 6.31. The second-order valence-electron chi connectivity index (χ2n) is 3.30. The third-order valence-corrected chi connectivity index (χ3v) is 1.69. The largest absolute Gasteiger partial charge is 0.490 e. The Bertz CT molecular complexity index is 382. The maximum absolute atomic E-state index is 11.3. The number of benzene rings is 1. The number of carboxylic acid groups (broad SMARTS) is 1. The lowest BCUT2D eigenvalue weighted by Gasteiger charge is -2.12. The van der Waals surface area contributed by atoms with E-state index in [2.05, 4.69) is 0 Å². The molecule has 0 saturated carbocycles. The summed E-state index contributed by atoms with van der Waals surface area (Å²) in [5.41, 5.74) is 0.0821. The molecule has 1 aromatic rings. The SMILES string of the molecule is CC(C)Oc1ccccc1C(=O)C(=O)O. The van der Waals surface area contributed by atoms with Crippen LogP contribution in [0.15, 0.2) is 24.3 Å². The molecule has 1 N–H and O–H groups in total. The number of hydrogen-bond acceptors (Lipinski definition) is 3. The molecule has 4 nitrogen and oxygen atoms in total. The molecule has 0 aliphatic heterocycles. The molecule has 0 aliphatic rings. The van der Waals surface area contributed by atoms with Crippen LogP contribution >= 0.6 is 0 Å². The Kier molecular flexibility index (Phi) is 3.44. The van der Waals surface area contributed by atoms with Crippen molar-refractivity contribution in [2.24, 2.45) is 0 Å². The van der Waals surface area contributed by atoms with Crippen LogP contribution in [-0.2, 0) is 4.79 Å². The molecule has 1 rings (SSSR count). The summed E-state index contributed by atoms with van der Waals surface area (Å²) < 4.78 is 5.33. The van der Waals surface area contributed by atoms with E-state index >= 15 is 0 Å². The Balaban J connectivity index is 3.06. The molecule has 0 amide bonds. The molecule has 0 aliphatic carbocycles. The Morgan fingerprint density at radius 3 is 2.40 bits per heavy atom. The molecule has 0 bridgehead atoms. The van der Waals surface area contributed by atoms with Gasteiger partial charge in [-0.15, -0.1) is 0 Å². The van der Waals surface area contributed by atoms with Gasteiger partial charge >= 0.3 is 5.97 Å². The van der Waals surface area contributed by atoms with Gasteiger partial charge in [-0.05, 0) is 26.0 Å². The van der Waals surface area contributed by atoms with E-state index in [-0.39, 0.29) is 11.7 Å². The number of rotatable bonds is 4. The first-order valence-corrected chi connectivity index (χ1v) is 4.55. The number of ether oxygens (including phenoxy) is 1. The van der Waals surface area contributed by atoms with Crippen molar-refractivity contribution in [1.82, 2.24) is 0 Å². The summed E-state index contributed by atoms with van der Waals surface area (Å²) >= 11 is 0. The number of carbonyl (C=O) groups excluding carboxylic acids is 1. The van der Waals surface area contributed by atoms with E-state index in [9.17, 15) is 9.59 Å². The van der Waals surface area contributed by atoms with Crippen LogP contribution in [0.4, 0.5) is 0 Å².